The first-order valence-electron chi connectivity index (χ1n) is 5.60. The summed E-state index contributed by atoms with van der Waals surface area (Å²) >= 11 is 5.68. The van der Waals surface area contributed by atoms with Crippen molar-refractivity contribution >= 4 is 17.4 Å². The van der Waals surface area contributed by atoms with E-state index in [0.717, 1.165) is 5.75 Å². The lowest BCUT2D eigenvalue weighted by atomic mass is 10.1. The number of rotatable bonds is 4. The monoisotopic (exact) mass is 261 g/mol. The Kier molecular flexibility index (Phi) is 3.95. The predicted molar refractivity (Wildman–Crippen MR) is 70.3 cm³/mol. The van der Waals surface area contributed by atoms with Crippen LogP contribution in [0.1, 0.15) is 22.8 Å². The van der Waals surface area contributed by atoms with E-state index < -0.39 is 0 Å². The summed E-state index contributed by atoms with van der Waals surface area (Å²) in [7, 11) is 0. The minimum absolute atomic E-state index is 0.0813. The molecule has 0 saturated carbocycles. The second-order valence-corrected chi connectivity index (χ2v) is 4.04. The highest BCUT2D eigenvalue weighted by Gasteiger charge is 2.09. The Morgan fingerprint density at radius 3 is 2.39 bits per heavy atom. The Labute approximate surface area is 110 Å². The van der Waals surface area contributed by atoms with Crippen LogP contribution in [0, 0.1) is 0 Å². The molecule has 0 saturated heterocycles. The molecule has 1 heterocycles. The van der Waals surface area contributed by atoms with Gasteiger partial charge in [-0.05, 0) is 43.3 Å². The molecule has 4 heteroatoms. The Morgan fingerprint density at radius 1 is 1.17 bits per heavy atom. The SMILES string of the molecule is CCOc1ccc(C(=O)c2ccc(Cl)nc2)cc1. The number of aromatic nitrogens is 1. The third-order valence-corrected chi connectivity index (χ3v) is 2.64. The van der Waals surface area contributed by atoms with Gasteiger partial charge < -0.3 is 4.74 Å². The maximum Gasteiger partial charge on any atom is 0.194 e. The van der Waals surface area contributed by atoms with Crippen molar-refractivity contribution in [2.75, 3.05) is 6.61 Å². The zero-order valence-electron chi connectivity index (χ0n) is 9.89. The maximum atomic E-state index is 12.1. The topological polar surface area (TPSA) is 39.2 Å². The van der Waals surface area contributed by atoms with Gasteiger partial charge in [0, 0.05) is 17.3 Å². The lowest BCUT2D eigenvalue weighted by Crippen LogP contribution is -2.02. The number of ether oxygens (including phenoxy) is 1. The molecule has 0 fully saturated rings. The van der Waals surface area contributed by atoms with Crippen molar-refractivity contribution in [1.82, 2.24) is 4.98 Å². The molecule has 2 aromatic rings. The third-order valence-electron chi connectivity index (χ3n) is 2.42. The molecule has 0 unspecified atom stereocenters. The van der Waals surface area contributed by atoms with E-state index in [4.69, 9.17) is 16.3 Å². The number of halogens is 1. The minimum Gasteiger partial charge on any atom is -0.494 e. The van der Waals surface area contributed by atoms with Crippen LogP contribution in [0.25, 0.3) is 0 Å². The summed E-state index contributed by atoms with van der Waals surface area (Å²) in [6, 6.07) is 10.3. The first-order chi connectivity index (χ1) is 8.70. The average Bonchev–Trinajstić information content (AvgIpc) is 2.40. The molecular weight excluding hydrogens is 250 g/mol. The molecule has 0 aliphatic heterocycles. The Bertz CT molecular complexity index is 535. The summed E-state index contributed by atoms with van der Waals surface area (Å²) in [5.74, 6) is 0.672. The lowest BCUT2D eigenvalue weighted by molar-refractivity contribution is 0.103. The van der Waals surface area contributed by atoms with E-state index in [-0.39, 0.29) is 5.78 Å². The number of ketones is 1. The van der Waals surface area contributed by atoms with Gasteiger partial charge in [-0.15, -0.1) is 0 Å². The van der Waals surface area contributed by atoms with Gasteiger partial charge >= 0.3 is 0 Å². The molecular formula is C14H12ClNO2. The van der Waals surface area contributed by atoms with Crippen LogP contribution < -0.4 is 4.74 Å². The van der Waals surface area contributed by atoms with Gasteiger partial charge in [-0.25, -0.2) is 4.98 Å². The smallest absolute Gasteiger partial charge is 0.194 e. The summed E-state index contributed by atoms with van der Waals surface area (Å²) < 4.78 is 5.32. The largest absolute Gasteiger partial charge is 0.494 e. The van der Waals surface area contributed by atoms with E-state index in [0.29, 0.717) is 22.9 Å². The molecule has 0 aliphatic rings. The van der Waals surface area contributed by atoms with Crippen LogP contribution in [0.3, 0.4) is 0 Å². The molecule has 0 aliphatic carbocycles. The van der Waals surface area contributed by atoms with E-state index in [1.165, 1.54) is 6.20 Å². The van der Waals surface area contributed by atoms with Crippen molar-refractivity contribution in [2.24, 2.45) is 0 Å². The van der Waals surface area contributed by atoms with Crippen LogP contribution in [-0.4, -0.2) is 17.4 Å². The normalized spacial score (nSPS) is 10.1. The highest BCUT2D eigenvalue weighted by Crippen LogP contribution is 2.15. The van der Waals surface area contributed by atoms with Crippen molar-refractivity contribution in [3.63, 3.8) is 0 Å². The second kappa shape index (κ2) is 5.65. The fraction of sp³-hybridized carbons (Fsp3) is 0.143. The summed E-state index contributed by atoms with van der Waals surface area (Å²) in [5.41, 5.74) is 1.12. The molecule has 0 amide bonds. The number of hydrogen-bond acceptors (Lipinski definition) is 3. The van der Waals surface area contributed by atoms with Gasteiger partial charge in [0.1, 0.15) is 10.9 Å². The van der Waals surface area contributed by atoms with Crippen LogP contribution in [-0.2, 0) is 0 Å². The van der Waals surface area contributed by atoms with Crippen molar-refractivity contribution in [2.45, 2.75) is 6.92 Å². The predicted octanol–water partition coefficient (Wildman–Crippen LogP) is 3.36. The van der Waals surface area contributed by atoms with Gasteiger partial charge in [-0.3, -0.25) is 4.79 Å². The molecule has 1 aromatic carbocycles. The van der Waals surface area contributed by atoms with E-state index in [1.54, 1.807) is 36.4 Å². The summed E-state index contributed by atoms with van der Waals surface area (Å²) in [5, 5.41) is 0.373. The summed E-state index contributed by atoms with van der Waals surface area (Å²) in [4.78, 5) is 16.0. The molecule has 0 bridgehead atoms. The van der Waals surface area contributed by atoms with Gasteiger partial charge in [0.25, 0.3) is 0 Å². The highest BCUT2D eigenvalue weighted by molar-refractivity contribution is 6.29. The Morgan fingerprint density at radius 2 is 1.83 bits per heavy atom. The molecule has 18 heavy (non-hydrogen) atoms. The van der Waals surface area contributed by atoms with Crippen molar-refractivity contribution in [3.05, 3.63) is 58.9 Å². The molecule has 0 atom stereocenters. The zero-order chi connectivity index (χ0) is 13.0. The van der Waals surface area contributed by atoms with Crippen molar-refractivity contribution in [3.8, 4) is 5.75 Å². The summed E-state index contributed by atoms with van der Waals surface area (Å²) in [6.45, 7) is 2.52. The van der Waals surface area contributed by atoms with Gasteiger partial charge in [-0.1, -0.05) is 11.6 Å². The average molecular weight is 262 g/mol. The first-order valence-corrected chi connectivity index (χ1v) is 5.97. The zero-order valence-corrected chi connectivity index (χ0v) is 10.6. The number of pyridine rings is 1. The van der Waals surface area contributed by atoms with Gasteiger partial charge in [0.2, 0.25) is 0 Å². The van der Waals surface area contributed by atoms with E-state index in [1.807, 2.05) is 6.92 Å². The van der Waals surface area contributed by atoms with Crippen LogP contribution in [0.5, 0.6) is 5.75 Å². The Hall–Kier alpha value is -1.87. The van der Waals surface area contributed by atoms with Crippen LogP contribution >= 0.6 is 11.6 Å². The minimum atomic E-state index is -0.0813. The van der Waals surface area contributed by atoms with Gasteiger partial charge in [-0.2, -0.15) is 0 Å². The molecule has 0 N–H and O–H groups in total. The number of benzene rings is 1. The molecule has 0 spiro atoms. The number of nitrogens with zero attached hydrogens (tertiary/aromatic N) is 1. The van der Waals surface area contributed by atoms with Crippen LogP contribution in [0.15, 0.2) is 42.6 Å². The standard InChI is InChI=1S/C14H12ClNO2/c1-2-18-12-6-3-10(4-7-12)14(17)11-5-8-13(15)16-9-11/h3-9H,2H2,1H3. The fourth-order valence-electron chi connectivity index (χ4n) is 1.55. The Balaban J connectivity index is 2.20. The molecule has 2 rings (SSSR count). The van der Waals surface area contributed by atoms with Crippen molar-refractivity contribution in [1.29, 1.82) is 0 Å². The maximum absolute atomic E-state index is 12.1. The fourth-order valence-corrected chi connectivity index (χ4v) is 1.66. The van der Waals surface area contributed by atoms with Crippen molar-refractivity contribution < 1.29 is 9.53 Å². The van der Waals surface area contributed by atoms with Gasteiger partial charge in [0.15, 0.2) is 5.78 Å². The number of hydrogen-bond donors (Lipinski definition) is 0. The lowest BCUT2D eigenvalue weighted by Gasteiger charge is -2.04. The van der Waals surface area contributed by atoms with E-state index in [2.05, 4.69) is 4.98 Å². The third kappa shape index (κ3) is 2.87. The second-order valence-electron chi connectivity index (χ2n) is 3.66. The molecule has 1 aromatic heterocycles. The number of carbonyl (C=O) groups excluding carboxylic acids is 1. The van der Waals surface area contributed by atoms with Gasteiger partial charge in [0.05, 0.1) is 6.61 Å². The van der Waals surface area contributed by atoms with Crippen LogP contribution in [0.2, 0.25) is 5.15 Å². The van der Waals surface area contributed by atoms with E-state index >= 15 is 0 Å². The summed E-state index contributed by atoms with van der Waals surface area (Å²) in [6.07, 6.45) is 1.47. The first kappa shape index (κ1) is 12.6. The van der Waals surface area contributed by atoms with Crippen LogP contribution in [0.4, 0.5) is 0 Å². The quantitative estimate of drug-likeness (QED) is 0.626. The van der Waals surface area contributed by atoms with E-state index in [9.17, 15) is 4.79 Å². The highest BCUT2D eigenvalue weighted by atomic mass is 35.5. The molecule has 92 valence electrons. The molecule has 3 nitrogen and oxygen atoms in total. The number of carbonyl (C=O) groups is 1. The molecule has 0 radical (unpaired) electrons.